The summed E-state index contributed by atoms with van der Waals surface area (Å²) in [6.07, 6.45) is 0. The van der Waals surface area contributed by atoms with E-state index in [1.165, 1.54) is 0 Å². The predicted octanol–water partition coefficient (Wildman–Crippen LogP) is 2.92. The molecule has 0 saturated heterocycles. The van der Waals surface area contributed by atoms with Crippen LogP contribution in [0.4, 0.5) is 0 Å². The van der Waals surface area contributed by atoms with Crippen LogP contribution < -0.4 is 4.74 Å². The van der Waals surface area contributed by atoms with E-state index >= 15 is 0 Å². The molecule has 0 amide bonds. The van der Waals surface area contributed by atoms with E-state index in [-0.39, 0.29) is 6.54 Å². The van der Waals surface area contributed by atoms with Crippen molar-refractivity contribution in [2.24, 2.45) is 5.18 Å². The fourth-order valence-electron chi connectivity index (χ4n) is 1.09. The van der Waals surface area contributed by atoms with Crippen molar-refractivity contribution >= 4 is 11.6 Å². The molecule has 0 radical (unpaired) electrons. The van der Waals surface area contributed by atoms with Gasteiger partial charge in [-0.25, -0.2) is 0 Å². The number of nitrogens with zero attached hydrogens (tertiary/aromatic N) is 1. The molecule has 4 heteroatoms. The molecule has 1 aromatic carbocycles. The maximum Gasteiger partial charge on any atom is 0.137 e. The smallest absolute Gasteiger partial charge is 0.137 e. The Hall–Kier alpha value is -1.09. The van der Waals surface area contributed by atoms with Crippen molar-refractivity contribution in [1.82, 2.24) is 0 Å². The summed E-state index contributed by atoms with van der Waals surface area (Å²) in [5.41, 5.74) is 1.79. The first-order valence-electron chi connectivity index (χ1n) is 3.81. The number of ether oxygens (including phenoxy) is 1. The number of hydrogen-bond acceptors (Lipinski definition) is 3. The minimum atomic E-state index is 0.148. The quantitative estimate of drug-likeness (QED) is 0.702. The van der Waals surface area contributed by atoms with Gasteiger partial charge in [0, 0.05) is 0 Å². The highest BCUT2D eigenvalue weighted by Gasteiger charge is 2.05. The van der Waals surface area contributed by atoms with E-state index in [9.17, 15) is 4.91 Å². The number of rotatable bonds is 3. The van der Waals surface area contributed by atoms with Crippen molar-refractivity contribution in [1.29, 1.82) is 0 Å². The van der Waals surface area contributed by atoms with Crippen molar-refractivity contribution in [3.63, 3.8) is 0 Å². The van der Waals surface area contributed by atoms with E-state index in [1.807, 2.05) is 6.92 Å². The van der Waals surface area contributed by atoms with Gasteiger partial charge in [-0.15, -0.1) is 0 Å². The molecule has 0 atom stereocenters. The summed E-state index contributed by atoms with van der Waals surface area (Å²) in [5.74, 6) is 0.619. The van der Waals surface area contributed by atoms with Gasteiger partial charge in [0.2, 0.25) is 0 Å². The zero-order valence-electron chi connectivity index (χ0n) is 7.50. The molecule has 13 heavy (non-hydrogen) atoms. The Morgan fingerprint density at radius 1 is 1.54 bits per heavy atom. The molecule has 0 fully saturated rings. The number of halogens is 1. The maximum atomic E-state index is 10.1. The summed E-state index contributed by atoms with van der Waals surface area (Å²) < 4.78 is 5.02. The molecule has 0 aliphatic heterocycles. The Balaban J connectivity index is 3.12. The van der Waals surface area contributed by atoms with Gasteiger partial charge in [-0.05, 0) is 30.2 Å². The molecule has 0 aliphatic rings. The first-order chi connectivity index (χ1) is 6.19. The second-order valence-corrected chi connectivity index (χ2v) is 3.11. The second kappa shape index (κ2) is 4.23. The Morgan fingerprint density at radius 3 is 2.77 bits per heavy atom. The van der Waals surface area contributed by atoms with E-state index < -0.39 is 0 Å². The lowest BCUT2D eigenvalue weighted by Gasteiger charge is -2.07. The van der Waals surface area contributed by atoms with Crippen LogP contribution >= 0.6 is 11.6 Å². The lowest BCUT2D eigenvalue weighted by atomic mass is 10.1. The van der Waals surface area contributed by atoms with Gasteiger partial charge in [-0.1, -0.05) is 16.8 Å². The molecule has 70 valence electrons. The molecule has 0 unspecified atom stereocenters. The normalized spacial score (nSPS) is 9.77. The topological polar surface area (TPSA) is 38.7 Å². The highest BCUT2D eigenvalue weighted by Crippen LogP contribution is 2.27. The van der Waals surface area contributed by atoms with Gasteiger partial charge in [0.05, 0.1) is 12.1 Å². The summed E-state index contributed by atoms with van der Waals surface area (Å²) in [6, 6.07) is 3.50. The van der Waals surface area contributed by atoms with Gasteiger partial charge in [0.1, 0.15) is 12.3 Å². The molecule has 0 heterocycles. The van der Waals surface area contributed by atoms with Crippen molar-refractivity contribution in [3.05, 3.63) is 33.2 Å². The van der Waals surface area contributed by atoms with Gasteiger partial charge < -0.3 is 4.74 Å². The molecule has 0 bridgehead atoms. The lowest BCUT2D eigenvalue weighted by Crippen LogP contribution is -1.91. The minimum absolute atomic E-state index is 0.148. The molecule has 0 N–H and O–H groups in total. The van der Waals surface area contributed by atoms with Crippen LogP contribution in [-0.4, -0.2) is 7.11 Å². The average Bonchev–Trinajstić information content (AvgIpc) is 2.11. The first kappa shape index (κ1) is 9.99. The molecule has 0 aliphatic carbocycles. The predicted molar refractivity (Wildman–Crippen MR) is 52.2 cm³/mol. The van der Waals surface area contributed by atoms with Gasteiger partial charge >= 0.3 is 0 Å². The fourth-order valence-corrected chi connectivity index (χ4v) is 1.36. The third-order valence-corrected chi connectivity index (χ3v) is 2.14. The van der Waals surface area contributed by atoms with Crippen LogP contribution in [0.25, 0.3) is 0 Å². The van der Waals surface area contributed by atoms with E-state index in [0.717, 1.165) is 11.1 Å². The molecule has 0 saturated carbocycles. The van der Waals surface area contributed by atoms with Crippen LogP contribution in [-0.2, 0) is 6.54 Å². The molecule has 1 aromatic rings. The summed E-state index contributed by atoms with van der Waals surface area (Å²) in [6.45, 7) is 2.04. The van der Waals surface area contributed by atoms with E-state index in [0.29, 0.717) is 10.8 Å². The Kier molecular flexibility index (Phi) is 3.25. The van der Waals surface area contributed by atoms with Crippen LogP contribution in [0.5, 0.6) is 5.75 Å². The lowest BCUT2D eigenvalue weighted by molar-refractivity contribution is 0.414. The Labute approximate surface area is 81.6 Å². The summed E-state index contributed by atoms with van der Waals surface area (Å²) >= 11 is 5.87. The zero-order valence-corrected chi connectivity index (χ0v) is 8.26. The van der Waals surface area contributed by atoms with Crippen molar-refractivity contribution in [3.8, 4) is 5.75 Å². The first-order valence-corrected chi connectivity index (χ1v) is 4.19. The molecular weight excluding hydrogens is 190 g/mol. The largest absolute Gasteiger partial charge is 0.495 e. The Morgan fingerprint density at radius 2 is 2.23 bits per heavy atom. The van der Waals surface area contributed by atoms with Crippen molar-refractivity contribution in [2.75, 3.05) is 7.11 Å². The van der Waals surface area contributed by atoms with Crippen LogP contribution in [0.3, 0.4) is 0 Å². The van der Waals surface area contributed by atoms with E-state index in [4.69, 9.17) is 16.3 Å². The van der Waals surface area contributed by atoms with E-state index in [1.54, 1.807) is 19.2 Å². The van der Waals surface area contributed by atoms with Gasteiger partial charge in [0.15, 0.2) is 0 Å². The van der Waals surface area contributed by atoms with Crippen LogP contribution in [0.1, 0.15) is 11.1 Å². The number of benzene rings is 1. The fraction of sp³-hybridized carbons (Fsp3) is 0.333. The minimum Gasteiger partial charge on any atom is -0.495 e. The highest BCUT2D eigenvalue weighted by atomic mass is 35.5. The van der Waals surface area contributed by atoms with Gasteiger partial charge in [0.25, 0.3) is 0 Å². The highest BCUT2D eigenvalue weighted by molar-refractivity contribution is 6.32. The van der Waals surface area contributed by atoms with Crippen molar-refractivity contribution in [2.45, 2.75) is 13.5 Å². The third-order valence-electron chi connectivity index (χ3n) is 1.85. The number of hydrogen-bond donors (Lipinski definition) is 0. The van der Waals surface area contributed by atoms with E-state index in [2.05, 4.69) is 5.18 Å². The SMILES string of the molecule is COc1cc(C)c(CN=O)cc1Cl. The number of aryl methyl sites for hydroxylation is 1. The number of methoxy groups -OCH3 is 1. The third kappa shape index (κ3) is 2.18. The second-order valence-electron chi connectivity index (χ2n) is 2.70. The molecular formula is C9H10ClNO2. The molecule has 3 nitrogen and oxygen atoms in total. The monoisotopic (exact) mass is 199 g/mol. The van der Waals surface area contributed by atoms with Crippen molar-refractivity contribution < 1.29 is 4.74 Å². The number of nitroso groups, excluding NO2 is 1. The van der Waals surface area contributed by atoms with Crippen LogP contribution in [0, 0.1) is 11.8 Å². The summed E-state index contributed by atoms with van der Waals surface area (Å²) in [4.78, 5) is 10.1. The van der Waals surface area contributed by atoms with Gasteiger partial charge in [-0.3, -0.25) is 0 Å². The van der Waals surface area contributed by atoms with Crippen LogP contribution in [0.2, 0.25) is 5.02 Å². The maximum absolute atomic E-state index is 10.1. The molecule has 0 aromatic heterocycles. The molecule has 1 rings (SSSR count). The van der Waals surface area contributed by atoms with Crippen LogP contribution in [0.15, 0.2) is 17.3 Å². The summed E-state index contributed by atoms with van der Waals surface area (Å²) in [7, 11) is 1.55. The summed E-state index contributed by atoms with van der Waals surface area (Å²) in [5, 5.41) is 3.32. The zero-order chi connectivity index (χ0) is 9.84. The standard InChI is InChI=1S/C9H10ClNO2/c1-6-3-9(13-2)8(10)4-7(6)5-11-12/h3-4H,5H2,1-2H3. The average molecular weight is 200 g/mol. The molecule has 0 spiro atoms. The Bertz CT molecular complexity index is 326. The van der Waals surface area contributed by atoms with Gasteiger partial charge in [-0.2, -0.15) is 4.91 Å².